The maximum atomic E-state index is 13.9. The van der Waals surface area contributed by atoms with Gasteiger partial charge in [0.25, 0.3) is 0 Å². The van der Waals surface area contributed by atoms with Gasteiger partial charge in [0, 0.05) is 24.3 Å². The molecule has 0 aliphatic heterocycles. The van der Waals surface area contributed by atoms with E-state index in [0.717, 1.165) is 24.8 Å². The number of hydrogen-bond donors (Lipinski definition) is 2. The topological polar surface area (TPSA) is 32.3 Å². The van der Waals surface area contributed by atoms with Gasteiger partial charge in [0.1, 0.15) is 5.82 Å². The fourth-order valence-electron chi connectivity index (χ4n) is 3.09. The molecule has 2 N–H and O–H groups in total. The summed E-state index contributed by atoms with van der Waals surface area (Å²) in [5, 5.41) is 13.0. The number of nitrogens with one attached hydrogen (secondary N) is 1. The van der Waals surface area contributed by atoms with Crippen LogP contribution in [0.25, 0.3) is 0 Å². The van der Waals surface area contributed by atoms with E-state index in [-0.39, 0.29) is 18.5 Å². The Labute approximate surface area is 115 Å². The first kappa shape index (κ1) is 14.5. The number of hydrogen-bond acceptors (Lipinski definition) is 2. The molecule has 1 aromatic carbocycles. The van der Waals surface area contributed by atoms with Crippen molar-refractivity contribution in [2.45, 2.75) is 51.1 Å². The van der Waals surface area contributed by atoms with Crippen molar-refractivity contribution in [1.29, 1.82) is 0 Å². The molecule has 3 atom stereocenters. The van der Waals surface area contributed by atoms with Gasteiger partial charge in [-0.05, 0) is 31.2 Å². The van der Waals surface area contributed by atoms with Crippen molar-refractivity contribution in [2.75, 3.05) is 6.61 Å². The van der Waals surface area contributed by atoms with Gasteiger partial charge in [-0.25, -0.2) is 4.39 Å². The fourth-order valence-corrected chi connectivity index (χ4v) is 3.09. The Kier molecular flexibility index (Phi) is 5.34. The van der Waals surface area contributed by atoms with Crippen LogP contribution in [0.5, 0.6) is 0 Å². The third kappa shape index (κ3) is 3.54. The highest BCUT2D eigenvalue weighted by Gasteiger charge is 2.27. The molecule has 1 saturated carbocycles. The Bertz CT molecular complexity index is 396. The molecular formula is C16H24FNO. The van der Waals surface area contributed by atoms with Gasteiger partial charge < -0.3 is 10.4 Å². The largest absolute Gasteiger partial charge is 0.396 e. The van der Waals surface area contributed by atoms with Crippen LogP contribution in [0.2, 0.25) is 0 Å². The minimum atomic E-state index is -0.141. The highest BCUT2D eigenvalue weighted by Crippen LogP contribution is 2.28. The van der Waals surface area contributed by atoms with Crippen LogP contribution in [0.15, 0.2) is 24.3 Å². The predicted molar refractivity (Wildman–Crippen MR) is 75.4 cm³/mol. The van der Waals surface area contributed by atoms with Gasteiger partial charge in [0.05, 0.1) is 0 Å². The lowest BCUT2D eigenvalue weighted by molar-refractivity contribution is 0.145. The van der Waals surface area contributed by atoms with Crippen molar-refractivity contribution in [3.8, 4) is 0 Å². The highest BCUT2D eigenvalue weighted by atomic mass is 19.1. The first-order chi connectivity index (χ1) is 9.26. The van der Waals surface area contributed by atoms with Gasteiger partial charge in [-0.2, -0.15) is 0 Å². The van der Waals surface area contributed by atoms with Gasteiger partial charge in [0.2, 0.25) is 0 Å². The van der Waals surface area contributed by atoms with E-state index in [1.54, 1.807) is 6.07 Å². The summed E-state index contributed by atoms with van der Waals surface area (Å²) < 4.78 is 13.9. The number of rotatable bonds is 5. The summed E-state index contributed by atoms with van der Waals surface area (Å²) in [6.07, 6.45) is 5.40. The molecule has 1 fully saturated rings. The first-order valence-electron chi connectivity index (χ1n) is 7.37. The Morgan fingerprint density at radius 2 is 2.05 bits per heavy atom. The molecule has 0 saturated heterocycles. The summed E-state index contributed by atoms with van der Waals surface area (Å²) in [5.74, 6) is 0.174. The smallest absolute Gasteiger partial charge is 0.127 e. The summed E-state index contributed by atoms with van der Waals surface area (Å²) in [4.78, 5) is 0. The molecule has 0 spiro atoms. The van der Waals surface area contributed by atoms with E-state index >= 15 is 0 Å². The number of aliphatic hydroxyl groups excluding tert-OH is 1. The molecule has 0 bridgehead atoms. The van der Waals surface area contributed by atoms with E-state index in [0.29, 0.717) is 12.0 Å². The zero-order valence-corrected chi connectivity index (χ0v) is 11.6. The number of aliphatic hydroxyl groups is 1. The molecule has 1 aliphatic carbocycles. The molecule has 0 heterocycles. The Morgan fingerprint density at radius 1 is 1.32 bits per heavy atom. The third-order valence-corrected chi connectivity index (χ3v) is 4.25. The summed E-state index contributed by atoms with van der Waals surface area (Å²) in [7, 11) is 0. The number of benzene rings is 1. The zero-order valence-electron chi connectivity index (χ0n) is 11.6. The van der Waals surface area contributed by atoms with Crippen LogP contribution >= 0.6 is 0 Å². The normalized spacial score (nSPS) is 25.2. The van der Waals surface area contributed by atoms with Crippen LogP contribution in [0.1, 0.15) is 50.6 Å². The maximum absolute atomic E-state index is 13.9. The zero-order chi connectivity index (χ0) is 13.7. The van der Waals surface area contributed by atoms with Crippen molar-refractivity contribution < 1.29 is 9.50 Å². The third-order valence-electron chi connectivity index (χ3n) is 4.25. The van der Waals surface area contributed by atoms with Crippen LogP contribution in [0.3, 0.4) is 0 Å². The van der Waals surface area contributed by atoms with Crippen LogP contribution in [0, 0.1) is 11.7 Å². The van der Waals surface area contributed by atoms with Crippen molar-refractivity contribution in [3.63, 3.8) is 0 Å². The van der Waals surface area contributed by atoms with Crippen LogP contribution < -0.4 is 5.32 Å². The van der Waals surface area contributed by atoms with E-state index in [2.05, 4.69) is 12.2 Å². The van der Waals surface area contributed by atoms with Gasteiger partial charge in [0.15, 0.2) is 0 Å². The van der Waals surface area contributed by atoms with Crippen molar-refractivity contribution in [2.24, 2.45) is 5.92 Å². The lowest BCUT2D eigenvalue weighted by Gasteiger charge is -2.34. The average Bonchev–Trinajstić information content (AvgIpc) is 2.46. The molecule has 2 rings (SSSR count). The van der Waals surface area contributed by atoms with E-state index in [4.69, 9.17) is 0 Å². The monoisotopic (exact) mass is 265 g/mol. The first-order valence-corrected chi connectivity index (χ1v) is 7.37. The Hall–Kier alpha value is -0.930. The summed E-state index contributed by atoms with van der Waals surface area (Å²) in [5.41, 5.74) is 0.743. The molecule has 3 heteroatoms. The quantitative estimate of drug-likeness (QED) is 0.855. The minimum Gasteiger partial charge on any atom is -0.396 e. The second-order valence-electron chi connectivity index (χ2n) is 5.48. The second kappa shape index (κ2) is 7.01. The molecule has 0 aromatic heterocycles. The second-order valence-corrected chi connectivity index (χ2v) is 5.48. The molecular weight excluding hydrogens is 241 g/mol. The number of halogens is 1. The molecule has 3 unspecified atom stereocenters. The van der Waals surface area contributed by atoms with E-state index in [9.17, 15) is 9.50 Å². The van der Waals surface area contributed by atoms with Gasteiger partial charge in [-0.1, -0.05) is 38.0 Å². The van der Waals surface area contributed by atoms with E-state index in [1.165, 1.54) is 18.9 Å². The summed E-state index contributed by atoms with van der Waals surface area (Å²) in [6, 6.07) is 7.33. The minimum absolute atomic E-state index is 0.0401. The molecule has 2 nitrogen and oxygen atoms in total. The summed E-state index contributed by atoms with van der Waals surface area (Å²) in [6.45, 7) is 2.30. The standard InChI is InChI=1S/C16H24FNO/c1-2-15(13-8-4-5-9-14(13)17)18-16-10-6-3-7-12(16)11-19/h4-5,8-9,12,15-16,18-19H,2-3,6-7,10-11H2,1H3. The average molecular weight is 265 g/mol. The SMILES string of the molecule is CCC(NC1CCCCC1CO)c1ccccc1F. The van der Waals surface area contributed by atoms with Crippen molar-refractivity contribution >= 4 is 0 Å². The van der Waals surface area contributed by atoms with E-state index < -0.39 is 0 Å². The predicted octanol–water partition coefficient (Wildman–Crippen LogP) is 3.42. The van der Waals surface area contributed by atoms with Crippen LogP contribution in [-0.4, -0.2) is 17.8 Å². The molecule has 0 radical (unpaired) electrons. The fraction of sp³-hybridized carbons (Fsp3) is 0.625. The molecule has 1 aromatic rings. The van der Waals surface area contributed by atoms with Gasteiger partial charge in [-0.3, -0.25) is 0 Å². The lowest BCUT2D eigenvalue weighted by Crippen LogP contribution is -2.42. The van der Waals surface area contributed by atoms with Crippen molar-refractivity contribution in [3.05, 3.63) is 35.6 Å². The molecule has 19 heavy (non-hydrogen) atoms. The Morgan fingerprint density at radius 3 is 2.74 bits per heavy atom. The van der Waals surface area contributed by atoms with Gasteiger partial charge in [-0.15, -0.1) is 0 Å². The lowest BCUT2D eigenvalue weighted by atomic mass is 9.84. The molecule has 1 aliphatic rings. The Balaban J connectivity index is 2.08. The van der Waals surface area contributed by atoms with E-state index in [1.807, 2.05) is 12.1 Å². The molecule has 0 amide bonds. The molecule has 106 valence electrons. The highest BCUT2D eigenvalue weighted by molar-refractivity contribution is 5.21. The van der Waals surface area contributed by atoms with Crippen molar-refractivity contribution in [1.82, 2.24) is 5.32 Å². The van der Waals surface area contributed by atoms with Gasteiger partial charge >= 0.3 is 0 Å². The maximum Gasteiger partial charge on any atom is 0.127 e. The summed E-state index contributed by atoms with van der Waals surface area (Å²) >= 11 is 0. The van der Waals surface area contributed by atoms with Crippen LogP contribution in [0.4, 0.5) is 4.39 Å². The van der Waals surface area contributed by atoms with Crippen LogP contribution in [-0.2, 0) is 0 Å².